The van der Waals surface area contributed by atoms with Gasteiger partial charge in [-0.25, -0.2) is 10.4 Å². The van der Waals surface area contributed by atoms with Gasteiger partial charge >= 0.3 is 0 Å². The normalized spacial score (nSPS) is 11.2. The third kappa shape index (κ3) is 4.10. The van der Waals surface area contributed by atoms with Crippen LogP contribution in [-0.2, 0) is 0 Å². The molecule has 1 aromatic heterocycles. The van der Waals surface area contributed by atoms with Crippen LogP contribution in [0.2, 0.25) is 15.2 Å². The Hall–Kier alpha value is -2.14. The van der Waals surface area contributed by atoms with Crippen molar-refractivity contribution < 1.29 is 4.79 Å². The van der Waals surface area contributed by atoms with Crippen molar-refractivity contribution in [3.63, 3.8) is 0 Å². The molecular formula is C18H12Cl3N3O. The summed E-state index contributed by atoms with van der Waals surface area (Å²) in [7, 11) is 0. The van der Waals surface area contributed by atoms with Crippen molar-refractivity contribution >= 4 is 57.8 Å². The van der Waals surface area contributed by atoms with E-state index in [-0.39, 0.29) is 10.6 Å². The van der Waals surface area contributed by atoms with Crippen LogP contribution in [0.5, 0.6) is 0 Å². The molecule has 0 aliphatic rings. The molecule has 0 fully saturated rings. The fourth-order valence-corrected chi connectivity index (χ4v) is 2.94. The minimum Gasteiger partial charge on any atom is -0.267 e. The van der Waals surface area contributed by atoms with Crippen molar-refractivity contribution in [3.05, 3.63) is 74.4 Å². The number of nitrogens with zero attached hydrogens (tertiary/aromatic N) is 2. The number of halogens is 3. The van der Waals surface area contributed by atoms with Crippen molar-refractivity contribution in [3.8, 4) is 0 Å². The van der Waals surface area contributed by atoms with Crippen molar-refractivity contribution in [2.75, 3.05) is 0 Å². The van der Waals surface area contributed by atoms with E-state index < -0.39 is 5.91 Å². The van der Waals surface area contributed by atoms with Crippen LogP contribution in [0.4, 0.5) is 0 Å². The number of aryl methyl sites for hydroxylation is 1. The topological polar surface area (TPSA) is 54.4 Å². The van der Waals surface area contributed by atoms with Gasteiger partial charge in [-0.15, -0.1) is 0 Å². The van der Waals surface area contributed by atoms with Crippen LogP contribution in [0.15, 0.2) is 47.6 Å². The molecule has 3 rings (SSSR count). The van der Waals surface area contributed by atoms with Crippen LogP contribution < -0.4 is 5.43 Å². The Bertz CT molecular complexity index is 1000. The van der Waals surface area contributed by atoms with Crippen molar-refractivity contribution in [2.24, 2.45) is 5.10 Å². The molecule has 0 bridgehead atoms. The van der Waals surface area contributed by atoms with Gasteiger partial charge in [-0.1, -0.05) is 46.9 Å². The number of hydrogen-bond donors (Lipinski definition) is 1. The molecule has 126 valence electrons. The summed E-state index contributed by atoms with van der Waals surface area (Å²) in [5.74, 6) is -0.446. The number of pyridine rings is 1. The molecular weight excluding hydrogens is 381 g/mol. The van der Waals surface area contributed by atoms with Gasteiger partial charge < -0.3 is 0 Å². The van der Waals surface area contributed by atoms with Crippen LogP contribution in [0.3, 0.4) is 0 Å². The highest BCUT2D eigenvalue weighted by Gasteiger charge is 2.10. The Balaban J connectivity index is 1.80. The van der Waals surface area contributed by atoms with Crippen LogP contribution in [-0.4, -0.2) is 17.1 Å². The Kier molecular flexibility index (Phi) is 5.23. The summed E-state index contributed by atoms with van der Waals surface area (Å²) in [6, 6.07) is 12.4. The smallest absolute Gasteiger partial charge is 0.267 e. The molecule has 1 amide bonds. The largest absolute Gasteiger partial charge is 0.272 e. The fraction of sp³-hybridized carbons (Fsp3) is 0.0556. The number of carbonyl (C=O) groups excluding carboxylic acids is 1. The average molecular weight is 393 g/mol. The van der Waals surface area contributed by atoms with Gasteiger partial charge in [0.1, 0.15) is 5.15 Å². The highest BCUT2D eigenvalue weighted by atomic mass is 35.5. The molecule has 0 saturated carbocycles. The molecule has 25 heavy (non-hydrogen) atoms. The van der Waals surface area contributed by atoms with Gasteiger partial charge in [0.05, 0.1) is 22.3 Å². The zero-order valence-corrected chi connectivity index (χ0v) is 15.3. The van der Waals surface area contributed by atoms with Crippen LogP contribution in [0, 0.1) is 6.92 Å². The lowest BCUT2D eigenvalue weighted by Gasteiger charge is -2.04. The lowest BCUT2D eigenvalue weighted by molar-refractivity contribution is 0.0955. The monoisotopic (exact) mass is 391 g/mol. The standard InChI is InChI=1S/C18H12Cl3N3O/c1-10-2-3-11-7-12(17(21)23-16(11)6-10)9-22-24-18(25)14-5-4-13(19)8-15(14)20/h2-9H,1H3,(H,24,25)/b22-9+. The van der Waals surface area contributed by atoms with Gasteiger partial charge in [0.2, 0.25) is 0 Å². The van der Waals surface area contributed by atoms with Crippen LogP contribution in [0.1, 0.15) is 21.5 Å². The fourth-order valence-electron chi connectivity index (χ4n) is 2.25. The SMILES string of the molecule is Cc1ccc2cc(/C=N/NC(=O)c3ccc(Cl)cc3Cl)c(Cl)nc2c1. The van der Waals surface area contributed by atoms with E-state index in [4.69, 9.17) is 34.8 Å². The molecule has 1 N–H and O–H groups in total. The summed E-state index contributed by atoms with van der Waals surface area (Å²) in [4.78, 5) is 16.4. The van der Waals surface area contributed by atoms with E-state index in [1.165, 1.54) is 18.3 Å². The first kappa shape index (κ1) is 17.7. The first-order valence-corrected chi connectivity index (χ1v) is 8.43. The summed E-state index contributed by atoms with van der Waals surface area (Å²) in [6.45, 7) is 1.99. The highest BCUT2D eigenvalue weighted by Crippen LogP contribution is 2.22. The Morgan fingerprint density at radius 2 is 1.92 bits per heavy atom. The van der Waals surface area contributed by atoms with Gasteiger partial charge in [-0.2, -0.15) is 5.10 Å². The molecule has 0 spiro atoms. The van der Waals surface area contributed by atoms with Gasteiger partial charge in [-0.05, 0) is 42.8 Å². The summed E-state index contributed by atoms with van der Waals surface area (Å²) in [5, 5.41) is 5.87. The Morgan fingerprint density at radius 3 is 2.68 bits per heavy atom. The predicted octanol–water partition coefficient (Wildman–Crippen LogP) is 5.27. The molecule has 7 heteroatoms. The number of nitrogens with one attached hydrogen (secondary N) is 1. The number of hydrogen-bond acceptors (Lipinski definition) is 3. The molecule has 0 aliphatic carbocycles. The molecule has 1 heterocycles. The van der Waals surface area contributed by atoms with E-state index in [1.54, 1.807) is 6.07 Å². The second-order valence-electron chi connectivity index (χ2n) is 5.39. The quantitative estimate of drug-likeness (QED) is 0.375. The number of carbonyl (C=O) groups is 1. The highest BCUT2D eigenvalue weighted by molar-refractivity contribution is 6.36. The number of fused-ring (bicyclic) bond motifs is 1. The van der Waals surface area contributed by atoms with E-state index >= 15 is 0 Å². The van der Waals surface area contributed by atoms with Gasteiger partial charge in [0.25, 0.3) is 5.91 Å². The molecule has 2 aromatic carbocycles. The van der Waals surface area contributed by atoms with E-state index in [2.05, 4.69) is 15.5 Å². The number of aromatic nitrogens is 1. The number of rotatable bonds is 3. The van der Waals surface area contributed by atoms with Gasteiger partial charge in [-0.3, -0.25) is 4.79 Å². The summed E-state index contributed by atoms with van der Waals surface area (Å²) >= 11 is 18.0. The molecule has 0 radical (unpaired) electrons. The molecule has 0 unspecified atom stereocenters. The van der Waals surface area contributed by atoms with E-state index in [9.17, 15) is 4.79 Å². The van der Waals surface area contributed by atoms with Crippen LogP contribution >= 0.6 is 34.8 Å². The third-order valence-corrected chi connectivity index (χ3v) is 4.35. The zero-order chi connectivity index (χ0) is 18.0. The predicted molar refractivity (Wildman–Crippen MR) is 103 cm³/mol. The molecule has 0 atom stereocenters. The van der Waals surface area contributed by atoms with Crippen molar-refractivity contribution in [1.82, 2.24) is 10.4 Å². The summed E-state index contributed by atoms with van der Waals surface area (Å²) in [5.41, 5.74) is 5.19. The minimum absolute atomic E-state index is 0.251. The second-order valence-corrected chi connectivity index (χ2v) is 6.59. The van der Waals surface area contributed by atoms with Crippen molar-refractivity contribution in [1.29, 1.82) is 0 Å². The van der Waals surface area contributed by atoms with Crippen molar-refractivity contribution in [2.45, 2.75) is 6.92 Å². The Labute approximate surface area is 159 Å². The number of amides is 1. The Morgan fingerprint density at radius 1 is 1.12 bits per heavy atom. The zero-order valence-electron chi connectivity index (χ0n) is 13.1. The van der Waals surface area contributed by atoms with Gasteiger partial charge in [0.15, 0.2) is 0 Å². The lowest BCUT2D eigenvalue weighted by atomic mass is 10.1. The summed E-state index contributed by atoms with van der Waals surface area (Å²) < 4.78 is 0. The minimum atomic E-state index is -0.446. The van der Waals surface area contributed by atoms with Gasteiger partial charge in [0, 0.05) is 16.0 Å². The maximum atomic E-state index is 12.1. The average Bonchev–Trinajstić information content (AvgIpc) is 2.55. The van der Waals surface area contributed by atoms with E-state index in [0.717, 1.165) is 16.5 Å². The first-order chi connectivity index (χ1) is 11.9. The molecule has 3 aromatic rings. The first-order valence-electron chi connectivity index (χ1n) is 7.29. The number of hydrazone groups is 1. The lowest BCUT2D eigenvalue weighted by Crippen LogP contribution is -2.18. The maximum absolute atomic E-state index is 12.1. The van der Waals surface area contributed by atoms with Crippen LogP contribution in [0.25, 0.3) is 10.9 Å². The molecule has 4 nitrogen and oxygen atoms in total. The maximum Gasteiger partial charge on any atom is 0.272 e. The molecule has 0 aliphatic heterocycles. The summed E-state index contributed by atoms with van der Waals surface area (Å²) in [6.07, 6.45) is 1.44. The second kappa shape index (κ2) is 7.40. The molecule has 0 saturated heterocycles. The van der Waals surface area contributed by atoms with E-state index in [1.807, 2.05) is 31.2 Å². The third-order valence-electron chi connectivity index (χ3n) is 3.50. The van der Waals surface area contributed by atoms with E-state index in [0.29, 0.717) is 15.7 Å². The number of benzene rings is 2.